The molecule has 0 aliphatic heterocycles. The molecule has 0 amide bonds. The van der Waals surface area contributed by atoms with Gasteiger partial charge < -0.3 is 0 Å². The lowest BCUT2D eigenvalue weighted by molar-refractivity contribution is 0.369. The van der Waals surface area contributed by atoms with Crippen LogP contribution in [0.2, 0.25) is 0 Å². The summed E-state index contributed by atoms with van der Waals surface area (Å²) in [6.45, 7) is 4.16. The van der Waals surface area contributed by atoms with E-state index in [4.69, 9.17) is 0 Å². The van der Waals surface area contributed by atoms with E-state index in [0.717, 1.165) is 61.6 Å². The predicted molar refractivity (Wildman–Crippen MR) is 135 cm³/mol. The largest absolute Gasteiger partial charge is 0.207 e. The van der Waals surface area contributed by atoms with Crippen molar-refractivity contribution >= 4 is 6.08 Å². The Bertz CT molecular complexity index is 1140. The Hall–Kier alpha value is -2.81. The summed E-state index contributed by atoms with van der Waals surface area (Å²) < 4.78 is 44.2. The van der Waals surface area contributed by atoms with Crippen molar-refractivity contribution in [3.63, 3.8) is 0 Å². The summed E-state index contributed by atoms with van der Waals surface area (Å²) >= 11 is 0. The van der Waals surface area contributed by atoms with Gasteiger partial charge in [-0.1, -0.05) is 81.0 Å². The lowest BCUT2D eigenvalue weighted by atomic mass is 9.78. The van der Waals surface area contributed by atoms with E-state index in [9.17, 15) is 13.2 Å². The Kier molecular flexibility index (Phi) is 7.92. The van der Waals surface area contributed by atoms with Crippen LogP contribution in [0.25, 0.3) is 17.2 Å². The summed E-state index contributed by atoms with van der Waals surface area (Å²) in [7, 11) is 0. The van der Waals surface area contributed by atoms with E-state index >= 15 is 0 Å². The Labute approximate surface area is 201 Å². The quantitative estimate of drug-likeness (QED) is 0.328. The Morgan fingerprint density at radius 3 is 2.15 bits per heavy atom. The van der Waals surface area contributed by atoms with Crippen molar-refractivity contribution in [2.24, 2.45) is 5.92 Å². The molecular formula is C31H33F3. The fourth-order valence-electron chi connectivity index (χ4n) is 5.04. The third kappa shape index (κ3) is 5.46. The minimum absolute atomic E-state index is 0.0908. The number of hydrogen-bond acceptors (Lipinski definition) is 0. The number of allylic oxidation sites excluding steroid dienone is 1. The third-order valence-corrected chi connectivity index (χ3v) is 7.15. The molecule has 1 saturated carbocycles. The number of aryl methyl sites for hydroxylation is 2. The molecule has 178 valence electrons. The molecule has 1 fully saturated rings. The first-order valence-corrected chi connectivity index (χ1v) is 12.5. The van der Waals surface area contributed by atoms with E-state index in [-0.39, 0.29) is 22.9 Å². The van der Waals surface area contributed by atoms with E-state index in [1.165, 1.54) is 0 Å². The highest BCUT2D eigenvalue weighted by atomic mass is 19.2. The van der Waals surface area contributed by atoms with Crippen molar-refractivity contribution in [2.75, 3.05) is 0 Å². The van der Waals surface area contributed by atoms with Crippen molar-refractivity contribution in [3.05, 3.63) is 100 Å². The second-order valence-corrected chi connectivity index (χ2v) is 9.46. The number of halogens is 3. The molecule has 0 heterocycles. The Morgan fingerprint density at radius 1 is 0.794 bits per heavy atom. The summed E-state index contributed by atoms with van der Waals surface area (Å²) in [5.41, 5.74) is 4.26. The van der Waals surface area contributed by atoms with E-state index in [1.54, 1.807) is 24.3 Å². The van der Waals surface area contributed by atoms with Crippen LogP contribution in [0, 0.1) is 23.4 Å². The molecule has 0 saturated heterocycles. The zero-order chi connectivity index (χ0) is 24.1. The molecule has 1 aliphatic rings. The lowest BCUT2D eigenvalue weighted by Gasteiger charge is -2.27. The molecule has 1 aliphatic carbocycles. The first-order valence-electron chi connectivity index (χ1n) is 12.5. The fourth-order valence-corrected chi connectivity index (χ4v) is 5.04. The standard InChI is InChI=1S/C31H33F3/c1-3-5-23-11-18-27(29(32)20-23)24-14-8-22(9-15-24)10-16-26-17-19-28(31(34)30(26)33)25-12-6-21(4-2)7-13-25/h6-7,10-13,16-20,22,24H,3-5,8-9,14-15H2,1-2H3. The van der Waals surface area contributed by atoms with Gasteiger partial charge in [0.1, 0.15) is 5.82 Å². The monoisotopic (exact) mass is 462 g/mol. The van der Waals surface area contributed by atoms with Crippen molar-refractivity contribution in [1.82, 2.24) is 0 Å². The second kappa shape index (κ2) is 11.1. The van der Waals surface area contributed by atoms with E-state index in [0.29, 0.717) is 11.5 Å². The molecule has 0 atom stereocenters. The van der Waals surface area contributed by atoms with E-state index in [1.807, 2.05) is 42.5 Å². The summed E-state index contributed by atoms with van der Waals surface area (Å²) in [4.78, 5) is 0. The van der Waals surface area contributed by atoms with Crippen LogP contribution < -0.4 is 0 Å². The van der Waals surface area contributed by atoms with Gasteiger partial charge in [-0.05, 0) is 78.7 Å². The Morgan fingerprint density at radius 2 is 1.50 bits per heavy atom. The minimum atomic E-state index is -0.809. The van der Waals surface area contributed by atoms with Gasteiger partial charge >= 0.3 is 0 Å². The number of rotatable bonds is 7. The minimum Gasteiger partial charge on any atom is -0.207 e. The average Bonchev–Trinajstić information content (AvgIpc) is 2.86. The fraction of sp³-hybridized carbons (Fsp3) is 0.355. The van der Waals surface area contributed by atoms with Crippen LogP contribution >= 0.6 is 0 Å². The van der Waals surface area contributed by atoms with Crippen LogP contribution in [-0.4, -0.2) is 0 Å². The van der Waals surface area contributed by atoms with Crippen LogP contribution in [0.4, 0.5) is 13.2 Å². The Balaban J connectivity index is 1.40. The van der Waals surface area contributed by atoms with Gasteiger partial charge in [-0.3, -0.25) is 0 Å². The molecule has 3 heteroatoms. The number of hydrogen-bond donors (Lipinski definition) is 0. The molecule has 0 aromatic heterocycles. The molecule has 3 aromatic rings. The SMILES string of the molecule is CCCc1ccc(C2CCC(C=Cc3ccc(-c4ccc(CC)cc4)c(F)c3F)CC2)c(F)c1. The van der Waals surface area contributed by atoms with Gasteiger partial charge in [-0.15, -0.1) is 0 Å². The van der Waals surface area contributed by atoms with E-state index in [2.05, 4.69) is 13.8 Å². The zero-order valence-corrected chi connectivity index (χ0v) is 20.1. The van der Waals surface area contributed by atoms with Gasteiger partial charge in [0.2, 0.25) is 0 Å². The van der Waals surface area contributed by atoms with Crippen molar-refractivity contribution < 1.29 is 13.2 Å². The maximum absolute atomic E-state index is 14.8. The first kappa shape index (κ1) is 24.3. The average molecular weight is 463 g/mol. The molecule has 0 bridgehead atoms. The van der Waals surface area contributed by atoms with Crippen LogP contribution in [0.1, 0.15) is 74.1 Å². The normalized spacial score (nSPS) is 18.5. The van der Waals surface area contributed by atoms with Gasteiger partial charge in [-0.2, -0.15) is 0 Å². The van der Waals surface area contributed by atoms with Crippen LogP contribution in [0.5, 0.6) is 0 Å². The maximum Gasteiger partial charge on any atom is 0.167 e. The zero-order valence-electron chi connectivity index (χ0n) is 20.1. The topological polar surface area (TPSA) is 0 Å². The highest BCUT2D eigenvalue weighted by molar-refractivity contribution is 5.67. The molecule has 0 radical (unpaired) electrons. The van der Waals surface area contributed by atoms with Gasteiger partial charge in [-0.25, -0.2) is 13.2 Å². The molecule has 4 rings (SSSR count). The molecule has 34 heavy (non-hydrogen) atoms. The summed E-state index contributed by atoms with van der Waals surface area (Å²) in [5.74, 6) is -1.18. The van der Waals surface area contributed by atoms with Gasteiger partial charge in [0.05, 0.1) is 0 Å². The van der Waals surface area contributed by atoms with Crippen LogP contribution in [0.15, 0.2) is 60.7 Å². The van der Waals surface area contributed by atoms with Gasteiger partial charge in [0, 0.05) is 11.1 Å². The van der Waals surface area contributed by atoms with Crippen molar-refractivity contribution in [1.29, 1.82) is 0 Å². The molecule has 0 unspecified atom stereocenters. The smallest absolute Gasteiger partial charge is 0.167 e. The lowest BCUT2D eigenvalue weighted by Crippen LogP contribution is -2.13. The van der Waals surface area contributed by atoms with Crippen LogP contribution in [-0.2, 0) is 12.8 Å². The maximum atomic E-state index is 14.8. The second-order valence-electron chi connectivity index (χ2n) is 9.46. The summed E-state index contributed by atoms with van der Waals surface area (Å²) in [5, 5.41) is 0. The molecule has 0 N–H and O–H groups in total. The summed E-state index contributed by atoms with van der Waals surface area (Å²) in [6.07, 6.45) is 10.2. The molecule has 0 nitrogen and oxygen atoms in total. The molecular weight excluding hydrogens is 429 g/mol. The predicted octanol–water partition coefficient (Wildman–Crippen LogP) is 9.27. The van der Waals surface area contributed by atoms with Crippen molar-refractivity contribution in [3.8, 4) is 11.1 Å². The first-order chi connectivity index (χ1) is 16.5. The molecule has 3 aromatic carbocycles. The highest BCUT2D eigenvalue weighted by Gasteiger charge is 2.23. The van der Waals surface area contributed by atoms with Gasteiger partial charge in [0.25, 0.3) is 0 Å². The van der Waals surface area contributed by atoms with Gasteiger partial charge in [0.15, 0.2) is 11.6 Å². The van der Waals surface area contributed by atoms with Crippen molar-refractivity contribution in [2.45, 2.75) is 64.7 Å². The number of benzene rings is 3. The molecule has 0 spiro atoms. The summed E-state index contributed by atoms with van der Waals surface area (Å²) in [6, 6.07) is 16.6. The highest BCUT2D eigenvalue weighted by Crippen LogP contribution is 2.38. The third-order valence-electron chi connectivity index (χ3n) is 7.15. The van der Waals surface area contributed by atoms with E-state index < -0.39 is 11.6 Å². The van der Waals surface area contributed by atoms with Crippen LogP contribution in [0.3, 0.4) is 0 Å².